The summed E-state index contributed by atoms with van der Waals surface area (Å²) < 4.78 is 6.47. The minimum atomic E-state index is 0.468. The largest absolute Gasteiger partial charge is 0.497 e. The maximum absolute atomic E-state index is 5.29. The summed E-state index contributed by atoms with van der Waals surface area (Å²) in [5.41, 5.74) is 2.81. The molecular formula is C12H14Br2O. The summed E-state index contributed by atoms with van der Waals surface area (Å²) in [7, 11) is 1.71. The number of hydrogen-bond acceptors (Lipinski definition) is 1. The number of alkyl halides is 1. The summed E-state index contributed by atoms with van der Waals surface area (Å²) in [6.07, 6.45) is 2.45. The van der Waals surface area contributed by atoms with Crippen LogP contribution in [0, 0.1) is 0 Å². The van der Waals surface area contributed by atoms with Crippen molar-refractivity contribution in [2.45, 2.75) is 30.5 Å². The van der Waals surface area contributed by atoms with E-state index in [0.29, 0.717) is 10.7 Å². The maximum atomic E-state index is 5.29. The molecule has 0 spiro atoms. The molecule has 2 atom stereocenters. The molecule has 1 aliphatic carbocycles. The van der Waals surface area contributed by atoms with Crippen molar-refractivity contribution in [1.82, 2.24) is 0 Å². The van der Waals surface area contributed by atoms with E-state index in [2.05, 4.69) is 50.9 Å². The lowest BCUT2D eigenvalue weighted by Gasteiger charge is -2.28. The van der Waals surface area contributed by atoms with Crippen molar-refractivity contribution in [3.63, 3.8) is 0 Å². The topological polar surface area (TPSA) is 9.23 Å². The van der Waals surface area contributed by atoms with Crippen molar-refractivity contribution in [1.29, 1.82) is 0 Å². The molecule has 0 N–H and O–H groups in total. The Bertz CT molecular complexity index is 376. The van der Waals surface area contributed by atoms with Crippen LogP contribution in [0.5, 0.6) is 5.75 Å². The molecule has 1 nitrogen and oxygen atoms in total. The van der Waals surface area contributed by atoms with Crippen molar-refractivity contribution in [3.8, 4) is 5.75 Å². The molecule has 3 heteroatoms. The summed E-state index contributed by atoms with van der Waals surface area (Å²) in [6.45, 7) is 2.29. The molecule has 0 fully saturated rings. The number of hydrogen-bond donors (Lipinski definition) is 0. The summed E-state index contributed by atoms with van der Waals surface area (Å²) in [5, 5.41) is 0. The van der Waals surface area contributed by atoms with E-state index in [0.717, 1.165) is 5.75 Å². The molecule has 0 saturated carbocycles. The molecule has 0 radical (unpaired) electrons. The van der Waals surface area contributed by atoms with Crippen LogP contribution in [0.3, 0.4) is 0 Å². The predicted octanol–water partition coefficient (Wildman–Crippen LogP) is 4.79. The quantitative estimate of drug-likeness (QED) is 0.671. The van der Waals surface area contributed by atoms with Crippen molar-refractivity contribution < 1.29 is 4.74 Å². The lowest BCUT2D eigenvalue weighted by Crippen LogP contribution is -2.10. The van der Waals surface area contributed by atoms with Crippen molar-refractivity contribution in [3.05, 3.63) is 27.7 Å². The smallest absolute Gasteiger partial charge is 0.120 e. The third kappa shape index (κ3) is 2.09. The average Bonchev–Trinajstić information content (AvgIpc) is 2.23. The van der Waals surface area contributed by atoms with Gasteiger partial charge in [-0.05, 0) is 42.0 Å². The summed E-state index contributed by atoms with van der Waals surface area (Å²) in [5.74, 6) is 1.56. The number of fused-ring (bicyclic) bond motifs is 1. The number of benzene rings is 1. The molecule has 2 unspecified atom stereocenters. The highest BCUT2D eigenvalue weighted by Crippen LogP contribution is 2.46. The Morgan fingerprint density at radius 2 is 2.07 bits per heavy atom. The minimum absolute atomic E-state index is 0.468. The predicted molar refractivity (Wildman–Crippen MR) is 70.0 cm³/mol. The zero-order chi connectivity index (χ0) is 11.0. The number of methoxy groups -OCH3 is 1. The standard InChI is InChI=1S/C12H14Br2O/c1-7-3-4-10(13)9-5-8(15-2)6-11(14)12(7)9/h5-7,10H,3-4H2,1-2H3. The van der Waals surface area contributed by atoms with Crippen LogP contribution >= 0.6 is 31.9 Å². The van der Waals surface area contributed by atoms with Crippen LogP contribution in [0.25, 0.3) is 0 Å². The Morgan fingerprint density at radius 3 is 2.73 bits per heavy atom. The third-order valence-electron chi connectivity index (χ3n) is 3.05. The van der Waals surface area contributed by atoms with Crippen molar-refractivity contribution in [2.24, 2.45) is 0 Å². The van der Waals surface area contributed by atoms with E-state index in [-0.39, 0.29) is 0 Å². The lowest BCUT2D eigenvalue weighted by molar-refractivity contribution is 0.412. The van der Waals surface area contributed by atoms with Gasteiger partial charge in [0.05, 0.1) is 7.11 Å². The second-order valence-corrected chi connectivity index (χ2v) is 6.02. The van der Waals surface area contributed by atoms with Gasteiger partial charge in [-0.1, -0.05) is 38.8 Å². The van der Waals surface area contributed by atoms with Crippen LogP contribution < -0.4 is 4.74 Å². The highest BCUT2D eigenvalue weighted by molar-refractivity contribution is 9.10. The van der Waals surface area contributed by atoms with Gasteiger partial charge in [-0.15, -0.1) is 0 Å². The van der Waals surface area contributed by atoms with Crippen molar-refractivity contribution in [2.75, 3.05) is 7.11 Å². The van der Waals surface area contributed by atoms with Crippen LogP contribution in [0.1, 0.15) is 41.6 Å². The van der Waals surface area contributed by atoms with Gasteiger partial charge in [0, 0.05) is 9.30 Å². The van der Waals surface area contributed by atoms with Gasteiger partial charge < -0.3 is 4.74 Å². The van der Waals surface area contributed by atoms with Crippen LogP contribution in [0.4, 0.5) is 0 Å². The van der Waals surface area contributed by atoms with Gasteiger partial charge in [0.1, 0.15) is 5.75 Å². The highest BCUT2D eigenvalue weighted by atomic mass is 79.9. The zero-order valence-corrected chi connectivity index (χ0v) is 12.1. The maximum Gasteiger partial charge on any atom is 0.120 e. The van der Waals surface area contributed by atoms with E-state index < -0.39 is 0 Å². The molecule has 0 saturated heterocycles. The molecule has 15 heavy (non-hydrogen) atoms. The van der Waals surface area contributed by atoms with Crippen LogP contribution in [0.2, 0.25) is 0 Å². The van der Waals surface area contributed by atoms with Gasteiger partial charge in [0.15, 0.2) is 0 Å². The molecule has 0 aromatic heterocycles. The Hall–Kier alpha value is -0.0200. The summed E-state index contributed by atoms with van der Waals surface area (Å²) >= 11 is 7.38. The average molecular weight is 334 g/mol. The molecule has 0 bridgehead atoms. The Kier molecular flexibility index (Phi) is 3.41. The fourth-order valence-corrected chi connectivity index (χ4v) is 3.69. The van der Waals surface area contributed by atoms with Crippen molar-refractivity contribution >= 4 is 31.9 Å². The zero-order valence-electron chi connectivity index (χ0n) is 8.89. The first-order chi connectivity index (χ1) is 7.13. The van der Waals surface area contributed by atoms with E-state index in [4.69, 9.17) is 4.74 Å². The van der Waals surface area contributed by atoms with E-state index in [1.165, 1.54) is 28.4 Å². The Balaban J connectivity index is 2.56. The van der Waals surface area contributed by atoms with E-state index in [1.807, 2.05) is 0 Å². The van der Waals surface area contributed by atoms with E-state index >= 15 is 0 Å². The third-order valence-corrected chi connectivity index (χ3v) is 4.66. The van der Waals surface area contributed by atoms with Crippen LogP contribution in [-0.4, -0.2) is 7.11 Å². The van der Waals surface area contributed by atoms with Gasteiger partial charge in [-0.2, -0.15) is 0 Å². The Labute approximate surface area is 107 Å². The van der Waals surface area contributed by atoms with Crippen LogP contribution in [-0.2, 0) is 0 Å². The second-order valence-electron chi connectivity index (χ2n) is 4.06. The molecule has 0 amide bonds. The van der Waals surface area contributed by atoms with Gasteiger partial charge >= 0.3 is 0 Å². The van der Waals surface area contributed by atoms with Crippen LogP contribution in [0.15, 0.2) is 16.6 Å². The summed E-state index contributed by atoms with van der Waals surface area (Å²) in [4.78, 5) is 0.468. The molecule has 82 valence electrons. The lowest BCUT2D eigenvalue weighted by atomic mass is 9.84. The first-order valence-electron chi connectivity index (χ1n) is 5.15. The van der Waals surface area contributed by atoms with E-state index in [1.54, 1.807) is 7.11 Å². The molecule has 1 aliphatic rings. The number of rotatable bonds is 1. The second kappa shape index (κ2) is 4.46. The fraction of sp³-hybridized carbons (Fsp3) is 0.500. The van der Waals surface area contributed by atoms with E-state index in [9.17, 15) is 0 Å². The molecule has 0 aliphatic heterocycles. The number of ether oxygens (including phenoxy) is 1. The van der Waals surface area contributed by atoms with Gasteiger partial charge in [0.25, 0.3) is 0 Å². The normalized spacial score (nSPS) is 24.8. The highest BCUT2D eigenvalue weighted by Gasteiger charge is 2.25. The number of halogens is 2. The first kappa shape index (κ1) is 11.5. The fourth-order valence-electron chi connectivity index (χ4n) is 2.21. The monoisotopic (exact) mass is 332 g/mol. The minimum Gasteiger partial charge on any atom is -0.497 e. The summed E-state index contributed by atoms with van der Waals surface area (Å²) in [6, 6.07) is 4.20. The van der Waals surface area contributed by atoms with Gasteiger partial charge in [-0.3, -0.25) is 0 Å². The molecule has 1 aromatic carbocycles. The SMILES string of the molecule is COc1cc(Br)c2c(c1)C(Br)CCC2C. The Morgan fingerprint density at radius 1 is 1.33 bits per heavy atom. The first-order valence-corrected chi connectivity index (χ1v) is 6.85. The molecule has 2 rings (SSSR count). The van der Waals surface area contributed by atoms with Gasteiger partial charge in [0.2, 0.25) is 0 Å². The van der Waals surface area contributed by atoms with Gasteiger partial charge in [-0.25, -0.2) is 0 Å². The molecule has 0 heterocycles. The molecule has 1 aromatic rings. The molecular weight excluding hydrogens is 320 g/mol.